The first-order chi connectivity index (χ1) is 42.9. The number of carbonyl (C=O) groups is 4. The van der Waals surface area contributed by atoms with Crippen LogP contribution in [0.2, 0.25) is 0 Å². The lowest BCUT2D eigenvalue weighted by molar-refractivity contribution is -0.161. The van der Waals surface area contributed by atoms with Crippen LogP contribution in [0.4, 0.5) is 0 Å². The summed E-state index contributed by atoms with van der Waals surface area (Å²) in [5.41, 5.74) is 0. The van der Waals surface area contributed by atoms with Crippen LogP contribution >= 0.6 is 15.6 Å². The number of aliphatic hydroxyl groups excluding tert-OH is 1. The Morgan fingerprint density at radius 1 is 0.303 bits per heavy atom. The van der Waals surface area contributed by atoms with E-state index in [0.717, 1.165) is 95.8 Å². The molecule has 89 heavy (non-hydrogen) atoms. The van der Waals surface area contributed by atoms with Crippen molar-refractivity contribution in [3.8, 4) is 0 Å². The lowest BCUT2D eigenvalue weighted by Gasteiger charge is -2.21. The van der Waals surface area contributed by atoms with Gasteiger partial charge in [0.1, 0.15) is 19.3 Å². The standard InChI is InChI=1S/C70H136O17P2/c1-7-9-11-13-15-17-19-20-21-22-23-24-25-29-36-42-48-54-69(74)86-65(58-81-68(73)53-47-41-35-30-26-27-32-38-44-50-62(3)4)60-84-88(76,77)82-56-64(71)57-83-89(78,79)85-61-66(87-70(75)55-49-43-37-31-33-39-45-51-63(5)6)59-80-67(72)52-46-40-34-28-18-16-14-12-10-8-2/h62-66,71H,7-61H2,1-6H3,(H,76,77)(H,78,79)/t64-,65-,66-/m1/s1. The maximum absolute atomic E-state index is 13.0. The smallest absolute Gasteiger partial charge is 0.462 e. The van der Waals surface area contributed by atoms with Crippen molar-refractivity contribution in [3.63, 3.8) is 0 Å². The average Bonchev–Trinajstić information content (AvgIpc) is 3.67. The van der Waals surface area contributed by atoms with E-state index in [1.165, 1.54) is 173 Å². The molecule has 17 nitrogen and oxygen atoms in total. The SMILES string of the molecule is CCCCCCCCCCCCCCCCCCCC(=O)O[C@H](COC(=O)CCCCCCCCCCCC(C)C)COP(=O)(O)OC[C@@H](O)COP(=O)(O)OC[C@@H](COC(=O)CCCCCCCCCCCC)OC(=O)CCCCCCCCCC(C)C. The zero-order chi connectivity index (χ0) is 65.7. The number of hydrogen-bond acceptors (Lipinski definition) is 15. The van der Waals surface area contributed by atoms with Crippen LogP contribution in [-0.4, -0.2) is 96.7 Å². The highest BCUT2D eigenvalue weighted by Crippen LogP contribution is 2.45. The number of carbonyl (C=O) groups excluding carboxylic acids is 4. The van der Waals surface area contributed by atoms with Gasteiger partial charge in [0, 0.05) is 25.7 Å². The molecule has 0 spiro atoms. The van der Waals surface area contributed by atoms with Gasteiger partial charge in [-0.1, -0.05) is 305 Å². The predicted octanol–water partition coefficient (Wildman–Crippen LogP) is 20.0. The van der Waals surface area contributed by atoms with E-state index in [-0.39, 0.29) is 25.7 Å². The molecule has 0 aliphatic heterocycles. The molecule has 0 aliphatic rings. The second-order valence-electron chi connectivity index (χ2n) is 26.2. The van der Waals surface area contributed by atoms with E-state index in [2.05, 4.69) is 41.5 Å². The summed E-state index contributed by atoms with van der Waals surface area (Å²) in [4.78, 5) is 72.5. The van der Waals surface area contributed by atoms with Crippen LogP contribution in [-0.2, 0) is 65.4 Å². The Hall–Kier alpha value is -1.94. The molecule has 0 aliphatic carbocycles. The van der Waals surface area contributed by atoms with Crippen molar-refractivity contribution in [2.75, 3.05) is 39.6 Å². The minimum atomic E-state index is -4.95. The van der Waals surface area contributed by atoms with Gasteiger partial charge in [-0.3, -0.25) is 37.3 Å². The van der Waals surface area contributed by atoms with Crippen LogP contribution in [0, 0.1) is 11.8 Å². The van der Waals surface area contributed by atoms with Crippen molar-refractivity contribution in [2.24, 2.45) is 11.8 Å². The lowest BCUT2D eigenvalue weighted by Crippen LogP contribution is -2.30. The molecule has 0 saturated heterocycles. The summed E-state index contributed by atoms with van der Waals surface area (Å²) >= 11 is 0. The largest absolute Gasteiger partial charge is 0.472 e. The highest BCUT2D eigenvalue weighted by Gasteiger charge is 2.30. The van der Waals surface area contributed by atoms with E-state index in [0.29, 0.717) is 31.6 Å². The molecule has 0 heterocycles. The Morgan fingerprint density at radius 3 is 0.764 bits per heavy atom. The first-order valence-electron chi connectivity index (χ1n) is 36.5. The van der Waals surface area contributed by atoms with Gasteiger partial charge in [-0.15, -0.1) is 0 Å². The van der Waals surface area contributed by atoms with Crippen molar-refractivity contribution in [2.45, 2.75) is 374 Å². The van der Waals surface area contributed by atoms with Gasteiger partial charge >= 0.3 is 39.5 Å². The van der Waals surface area contributed by atoms with Crippen LogP contribution in [0.1, 0.15) is 356 Å². The number of phosphoric acid groups is 2. The highest BCUT2D eigenvalue weighted by molar-refractivity contribution is 7.47. The number of hydrogen-bond donors (Lipinski definition) is 3. The number of esters is 4. The minimum absolute atomic E-state index is 0.104. The number of phosphoric ester groups is 2. The van der Waals surface area contributed by atoms with Gasteiger partial charge < -0.3 is 33.8 Å². The Bertz CT molecular complexity index is 1730. The van der Waals surface area contributed by atoms with Crippen LogP contribution in [0.25, 0.3) is 0 Å². The summed E-state index contributed by atoms with van der Waals surface area (Å²) in [6.07, 6.45) is 47.3. The number of ether oxygens (including phenoxy) is 4. The molecule has 528 valence electrons. The molecule has 0 saturated carbocycles. The number of unbranched alkanes of at least 4 members (excludes halogenated alkanes) is 39. The van der Waals surface area contributed by atoms with Gasteiger partial charge in [0.25, 0.3) is 0 Å². The Balaban J connectivity index is 5.22. The van der Waals surface area contributed by atoms with E-state index >= 15 is 0 Å². The van der Waals surface area contributed by atoms with Gasteiger partial charge in [0.05, 0.1) is 26.4 Å². The number of aliphatic hydroxyl groups is 1. The first-order valence-corrected chi connectivity index (χ1v) is 39.5. The third kappa shape index (κ3) is 64.6. The van der Waals surface area contributed by atoms with Gasteiger partial charge in [-0.05, 0) is 37.5 Å². The van der Waals surface area contributed by atoms with Gasteiger partial charge in [0.2, 0.25) is 0 Å². The minimum Gasteiger partial charge on any atom is -0.462 e. The molecular weight excluding hydrogens is 1170 g/mol. The zero-order valence-electron chi connectivity index (χ0n) is 57.7. The molecule has 0 radical (unpaired) electrons. The van der Waals surface area contributed by atoms with E-state index in [4.69, 9.17) is 37.0 Å². The molecule has 0 aromatic heterocycles. The third-order valence-electron chi connectivity index (χ3n) is 16.2. The maximum atomic E-state index is 13.0. The van der Waals surface area contributed by atoms with Crippen LogP contribution in [0.15, 0.2) is 0 Å². The Morgan fingerprint density at radius 2 is 0.517 bits per heavy atom. The summed E-state index contributed by atoms with van der Waals surface area (Å²) in [5.74, 6) is -0.687. The zero-order valence-corrected chi connectivity index (χ0v) is 59.5. The summed E-state index contributed by atoms with van der Waals surface area (Å²) in [6, 6.07) is 0. The van der Waals surface area contributed by atoms with Crippen LogP contribution in [0.3, 0.4) is 0 Å². The van der Waals surface area contributed by atoms with Gasteiger partial charge in [-0.25, -0.2) is 9.13 Å². The van der Waals surface area contributed by atoms with Crippen LogP contribution < -0.4 is 0 Å². The molecule has 3 N–H and O–H groups in total. The summed E-state index contributed by atoms with van der Waals surface area (Å²) in [7, 11) is -9.90. The summed E-state index contributed by atoms with van der Waals surface area (Å²) in [5, 5.41) is 10.6. The fraction of sp³-hybridized carbons (Fsp3) is 0.943. The summed E-state index contributed by atoms with van der Waals surface area (Å²) in [6.45, 7) is 9.46. The monoisotopic (exact) mass is 1310 g/mol. The molecular formula is C70H136O17P2. The molecule has 0 aromatic rings. The predicted molar refractivity (Wildman–Crippen MR) is 358 cm³/mol. The van der Waals surface area contributed by atoms with Gasteiger partial charge in [-0.2, -0.15) is 0 Å². The normalized spacial score (nSPS) is 14.1. The molecule has 0 aromatic carbocycles. The second-order valence-corrected chi connectivity index (χ2v) is 29.1. The molecule has 5 atom stereocenters. The quantitative estimate of drug-likeness (QED) is 0.0222. The van der Waals surface area contributed by atoms with Gasteiger partial charge in [0.15, 0.2) is 12.2 Å². The number of rotatable bonds is 69. The molecule has 19 heteroatoms. The fourth-order valence-corrected chi connectivity index (χ4v) is 12.2. The second kappa shape index (κ2) is 62.2. The van der Waals surface area contributed by atoms with Crippen LogP contribution in [0.5, 0.6) is 0 Å². The van der Waals surface area contributed by atoms with Crippen molar-refractivity contribution >= 4 is 39.5 Å². The maximum Gasteiger partial charge on any atom is 0.472 e. The van der Waals surface area contributed by atoms with E-state index in [1.807, 2.05) is 0 Å². The molecule has 0 fully saturated rings. The van der Waals surface area contributed by atoms with Crippen molar-refractivity contribution < 1.29 is 80.2 Å². The molecule has 0 rings (SSSR count). The average molecular weight is 1310 g/mol. The highest BCUT2D eigenvalue weighted by atomic mass is 31.2. The third-order valence-corrected chi connectivity index (χ3v) is 18.1. The van der Waals surface area contributed by atoms with Crippen molar-refractivity contribution in [1.29, 1.82) is 0 Å². The first kappa shape index (κ1) is 87.1. The molecule has 0 amide bonds. The lowest BCUT2D eigenvalue weighted by atomic mass is 10.0. The molecule has 2 unspecified atom stereocenters. The molecule has 0 bridgehead atoms. The van der Waals surface area contributed by atoms with E-state index in [9.17, 15) is 43.2 Å². The van der Waals surface area contributed by atoms with Crippen molar-refractivity contribution in [3.05, 3.63) is 0 Å². The van der Waals surface area contributed by atoms with Crippen molar-refractivity contribution in [1.82, 2.24) is 0 Å². The Kier molecular flexibility index (Phi) is 60.8. The Labute approximate surface area is 543 Å². The van der Waals surface area contributed by atoms with E-state index in [1.54, 1.807) is 0 Å². The summed E-state index contributed by atoms with van der Waals surface area (Å²) < 4.78 is 68.2. The van der Waals surface area contributed by atoms with E-state index < -0.39 is 97.5 Å². The fourth-order valence-electron chi connectivity index (χ4n) is 10.6. The topological polar surface area (TPSA) is 237 Å².